The number of aliphatic imine (C=N–C) groups is 1. The minimum absolute atomic E-state index is 0.0905. The summed E-state index contributed by atoms with van der Waals surface area (Å²) in [5, 5.41) is 19.3. The van der Waals surface area contributed by atoms with Gasteiger partial charge in [0.15, 0.2) is 12.0 Å². The van der Waals surface area contributed by atoms with E-state index in [0.717, 1.165) is 0 Å². The number of alkyl halides is 3. The standard InChI is InChI=1S/C16H16F3N5O5/c17-16(18,19)28-7-21-3-1-2-8-5-24(11-4-9(26)10(6-25)29-11)13-12(8)14(27)23-15(20)22-13/h5,7,9-11,25-26H,3-4,6H2,(H3,20,22,23,27). The van der Waals surface area contributed by atoms with Gasteiger partial charge in [-0.3, -0.25) is 9.78 Å². The first-order valence-electron chi connectivity index (χ1n) is 8.26. The number of aromatic amines is 1. The maximum atomic E-state index is 12.3. The van der Waals surface area contributed by atoms with E-state index in [9.17, 15) is 28.2 Å². The van der Waals surface area contributed by atoms with Crippen molar-refractivity contribution >= 4 is 23.4 Å². The van der Waals surface area contributed by atoms with Crippen molar-refractivity contribution in [3.05, 3.63) is 22.1 Å². The second kappa shape index (κ2) is 8.11. The highest BCUT2D eigenvalue weighted by Crippen LogP contribution is 2.32. The Morgan fingerprint density at radius 1 is 1.55 bits per heavy atom. The van der Waals surface area contributed by atoms with Gasteiger partial charge in [-0.1, -0.05) is 11.8 Å². The lowest BCUT2D eigenvalue weighted by atomic mass is 10.2. The molecule has 3 unspecified atom stereocenters. The van der Waals surface area contributed by atoms with Gasteiger partial charge in [0.05, 0.1) is 23.7 Å². The summed E-state index contributed by atoms with van der Waals surface area (Å²) < 4.78 is 46.0. The van der Waals surface area contributed by atoms with Gasteiger partial charge in [-0.05, 0) is 0 Å². The fraction of sp³-hybridized carbons (Fsp3) is 0.438. The van der Waals surface area contributed by atoms with Gasteiger partial charge in [-0.25, -0.2) is 4.99 Å². The molecular formula is C16H16F3N5O5. The Kier molecular flexibility index (Phi) is 5.78. The molecule has 3 rings (SSSR count). The highest BCUT2D eigenvalue weighted by atomic mass is 19.4. The molecule has 2 aromatic heterocycles. The number of hydrogen-bond acceptors (Lipinski definition) is 8. The van der Waals surface area contributed by atoms with Crippen molar-refractivity contribution in [2.75, 3.05) is 18.9 Å². The number of halogens is 3. The van der Waals surface area contributed by atoms with Crippen LogP contribution < -0.4 is 11.3 Å². The largest absolute Gasteiger partial charge is 0.573 e. The molecule has 3 heterocycles. The van der Waals surface area contributed by atoms with E-state index in [-0.39, 0.29) is 41.9 Å². The molecule has 1 saturated heterocycles. The zero-order chi connectivity index (χ0) is 21.2. The zero-order valence-corrected chi connectivity index (χ0v) is 14.7. The fourth-order valence-electron chi connectivity index (χ4n) is 2.85. The fourth-order valence-corrected chi connectivity index (χ4v) is 2.85. The topological polar surface area (TPSA) is 148 Å². The number of hydrogen-bond donors (Lipinski definition) is 4. The molecule has 1 fully saturated rings. The highest BCUT2D eigenvalue weighted by molar-refractivity contribution is 5.83. The van der Waals surface area contributed by atoms with Gasteiger partial charge in [0.25, 0.3) is 5.56 Å². The molecular weight excluding hydrogens is 399 g/mol. The number of ether oxygens (including phenoxy) is 2. The molecule has 0 amide bonds. The average Bonchev–Trinajstić information content (AvgIpc) is 3.17. The van der Waals surface area contributed by atoms with Crippen LogP contribution in [-0.2, 0) is 9.47 Å². The van der Waals surface area contributed by atoms with E-state index in [1.54, 1.807) is 0 Å². The Balaban J connectivity index is 1.91. The van der Waals surface area contributed by atoms with Gasteiger partial charge < -0.3 is 30.0 Å². The summed E-state index contributed by atoms with van der Waals surface area (Å²) in [6, 6.07) is 0. The summed E-state index contributed by atoms with van der Waals surface area (Å²) >= 11 is 0. The quantitative estimate of drug-likeness (QED) is 0.309. The van der Waals surface area contributed by atoms with E-state index < -0.39 is 37.0 Å². The molecule has 0 aliphatic carbocycles. The number of nitrogens with one attached hydrogen (secondary N) is 1. The molecule has 0 aromatic carbocycles. The van der Waals surface area contributed by atoms with Crippen LogP contribution in [0.1, 0.15) is 18.2 Å². The zero-order valence-electron chi connectivity index (χ0n) is 14.7. The van der Waals surface area contributed by atoms with Crippen LogP contribution in [0.4, 0.5) is 19.1 Å². The van der Waals surface area contributed by atoms with E-state index in [2.05, 4.69) is 31.5 Å². The summed E-state index contributed by atoms with van der Waals surface area (Å²) in [6.07, 6.45) is -5.46. The molecule has 0 spiro atoms. The number of anilines is 1. The van der Waals surface area contributed by atoms with Crippen molar-refractivity contribution in [2.24, 2.45) is 4.99 Å². The van der Waals surface area contributed by atoms with Crippen LogP contribution in [0.25, 0.3) is 11.0 Å². The third-order valence-electron chi connectivity index (χ3n) is 4.05. The van der Waals surface area contributed by atoms with Gasteiger partial charge in [0.1, 0.15) is 18.9 Å². The smallest absolute Gasteiger partial charge is 0.395 e. The molecule has 1 aliphatic rings. The predicted octanol–water partition coefficient (Wildman–Crippen LogP) is -0.136. The van der Waals surface area contributed by atoms with Gasteiger partial charge in [0, 0.05) is 12.6 Å². The Labute approximate surface area is 160 Å². The SMILES string of the molecule is Nc1nc2c(c(C#CCN=COC(F)(F)F)cn2C2CC(O)C(CO)O2)c(=O)[nH]1. The summed E-state index contributed by atoms with van der Waals surface area (Å²) in [5.41, 5.74) is 5.39. The lowest BCUT2D eigenvalue weighted by Gasteiger charge is -2.14. The number of aliphatic hydroxyl groups excluding tert-OH is 2. The van der Waals surface area contributed by atoms with Crippen molar-refractivity contribution in [3.8, 4) is 11.8 Å². The molecule has 0 radical (unpaired) electrons. The van der Waals surface area contributed by atoms with E-state index in [0.29, 0.717) is 0 Å². The van der Waals surface area contributed by atoms with Gasteiger partial charge >= 0.3 is 6.36 Å². The van der Waals surface area contributed by atoms with Crippen molar-refractivity contribution in [1.29, 1.82) is 0 Å². The molecule has 0 bridgehead atoms. The summed E-state index contributed by atoms with van der Waals surface area (Å²) in [4.78, 5) is 22.1. The first-order chi connectivity index (χ1) is 13.7. The van der Waals surface area contributed by atoms with Crippen LogP contribution in [0.2, 0.25) is 0 Å². The van der Waals surface area contributed by atoms with Crippen LogP contribution in [0.15, 0.2) is 16.0 Å². The second-order valence-corrected chi connectivity index (χ2v) is 6.03. The first-order valence-corrected chi connectivity index (χ1v) is 8.26. The minimum Gasteiger partial charge on any atom is -0.395 e. The third-order valence-corrected chi connectivity index (χ3v) is 4.05. The van der Waals surface area contributed by atoms with Crippen molar-refractivity contribution in [3.63, 3.8) is 0 Å². The molecule has 29 heavy (non-hydrogen) atoms. The van der Waals surface area contributed by atoms with Crippen LogP contribution in [-0.4, -0.2) is 62.9 Å². The van der Waals surface area contributed by atoms with E-state index >= 15 is 0 Å². The molecule has 2 aromatic rings. The number of H-pyrrole nitrogens is 1. The van der Waals surface area contributed by atoms with E-state index in [1.807, 2.05) is 0 Å². The number of aromatic nitrogens is 3. The molecule has 13 heteroatoms. The lowest BCUT2D eigenvalue weighted by Crippen LogP contribution is -2.24. The molecule has 3 atom stereocenters. The number of aliphatic hydroxyl groups is 2. The monoisotopic (exact) mass is 415 g/mol. The minimum atomic E-state index is -4.83. The molecule has 10 nitrogen and oxygen atoms in total. The van der Waals surface area contributed by atoms with Crippen molar-refractivity contribution in [1.82, 2.24) is 14.5 Å². The summed E-state index contributed by atoms with van der Waals surface area (Å²) in [5.74, 6) is 4.99. The second-order valence-electron chi connectivity index (χ2n) is 6.03. The Hall–Kier alpha value is -3.08. The number of nitrogens with zero attached hydrogens (tertiary/aromatic N) is 3. The lowest BCUT2D eigenvalue weighted by molar-refractivity contribution is -0.280. The van der Waals surface area contributed by atoms with E-state index in [4.69, 9.17) is 10.5 Å². The normalized spacial score (nSPS) is 22.2. The number of nitrogen functional groups attached to an aromatic ring is 1. The molecule has 1 aliphatic heterocycles. The molecule has 0 saturated carbocycles. The van der Waals surface area contributed by atoms with Gasteiger partial charge in [-0.2, -0.15) is 4.98 Å². The van der Waals surface area contributed by atoms with Crippen LogP contribution in [0, 0.1) is 11.8 Å². The number of fused-ring (bicyclic) bond motifs is 1. The van der Waals surface area contributed by atoms with Crippen LogP contribution in [0.3, 0.4) is 0 Å². The maximum Gasteiger partial charge on any atom is 0.573 e. The molecule has 5 N–H and O–H groups in total. The van der Waals surface area contributed by atoms with Crippen LogP contribution in [0.5, 0.6) is 0 Å². The first kappa shape index (κ1) is 20.6. The van der Waals surface area contributed by atoms with Gasteiger partial charge in [-0.15, -0.1) is 13.2 Å². The van der Waals surface area contributed by atoms with Crippen LogP contribution >= 0.6 is 0 Å². The Bertz CT molecular complexity index is 1040. The number of rotatable bonds is 4. The highest BCUT2D eigenvalue weighted by Gasteiger charge is 2.35. The Morgan fingerprint density at radius 3 is 2.97 bits per heavy atom. The molecule has 156 valence electrons. The maximum absolute atomic E-state index is 12.3. The van der Waals surface area contributed by atoms with Gasteiger partial charge in [0.2, 0.25) is 5.95 Å². The number of nitrogens with two attached hydrogens (primary N) is 1. The summed E-state index contributed by atoms with van der Waals surface area (Å²) in [6.45, 7) is -0.702. The predicted molar refractivity (Wildman–Crippen MR) is 93.8 cm³/mol. The van der Waals surface area contributed by atoms with Crippen molar-refractivity contribution < 1.29 is 32.9 Å². The van der Waals surface area contributed by atoms with E-state index in [1.165, 1.54) is 10.8 Å². The van der Waals surface area contributed by atoms with Crippen molar-refractivity contribution in [2.45, 2.75) is 31.2 Å². The average molecular weight is 415 g/mol. The Morgan fingerprint density at radius 2 is 2.31 bits per heavy atom. The summed E-state index contributed by atoms with van der Waals surface area (Å²) in [7, 11) is 0. The third kappa shape index (κ3) is 4.67.